The molecular formula is C33H33N5O2. The van der Waals surface area contributed by atoms with Gasteiger partial charge in [-0.1, -0.05) is 18.2 Å². The zero-order valence-corrected chi connectivity index (χ0v) is 22.7. The lowest BCUT2D eigenvalue weighted by Crippen LogP contribution is -2.32. The molecule has 7 nitrogen and oxygen atoms in total. The summed E-state index contributed by atoms with van der Waals surface area (Å²) < 4.78 is 5.63. The summed E-state index contributed by atoms with van der Waals surface area (Å²) in [7, 11) is 0. The molecular weight excluding hydrogens is 498 g/mol. The van der Waals surface area contributed by atoms with Crippen LogP contribution in [0, 0.1) is 12.8 Å². The fourth-order valence-electron chi connectivity index (χ4n) is 5.38. The van der Waals surface area contributed by atoms with E-state index in [1.54, 1.807) is 18.3 Å². The highest BCUT2D eigenvalue weighted by atomic mass is 16.5. The number of nitrogens with zero attached hydrogens (tertiary/aromatic N) is 3. The molecule has 2 N–H and O–H groups in total. The van der Waals surface area contributed by atoms with Gasteiger partial charge in [0.05, 0.1) is 34.8 Å². The molecule has 1 atom stereocenters. The van der Waals surface area contributed by atoms with E-state index in [1.807, 2.05) is 37.5 Å². The first-order valence-corrected chi connectivity index (χ1v) is 14.0. The zero-order valence-electron chi connectivity index (χ0n) is 22.7. The Hall–Kier alpha value is -4.36. The van der Waals surface area contributed by atoms with E-state index in [0.717, 1.165) is 77.9 Å². The van der Waals surface area contributed by atoms with Crippen molar-refractivity contribution >= 4 is 28.1 Å². The summed E-state index contributed by atoms with van der Waals surface area (Å²) in [5.74, 6) is 0.0543. The lowest BCUT2D eigenvalue weighted by molar-refractivity contribution is 0.0421. The molecule has 4 aromatic rings. The Morgan fingerprint density at radius 1 is 1.05 bits per heavy atom. The first kappa shape index (κ1) is 25.9. The van der Waals surface area contributed by atoms with Gasteiger partial charge in [-0.05, 0) is 99.0 Å². The van der Waals surface area contributed by atoms with Gasteiger partial charge in [0, 0.05) is 41.5 Å². The molecule has 1 fully saturated rings. The number of fused-ring (bicyclic) bond motifs is 1. The minimum Gasteiger partial charge on any atom is -0.462 e. The number of carbonyl (C=O) groups is 1. The fourth-order valence-corrected chi connectivity index (χ4v) is 5.38. The van der Waals surface area contributed by atoms with Crippen molar-refractivity contribution in [1.29, 1.82) is 0 Å². The van der Waals surface area contributed by atoms with Gasteiger partial charge in [0.25, 0.3) is 0 Å². The number of rotatable bonds is 6. The summed E-state index contributed by atoms with van der Waals surface area (Å²) in [6, 6.07) is 18.1. The second-order valence-electron chi connectivity index (χ2n) is 10.5. The van der Waals surface area contributed by atoms with Crippen LogP contribution in [-0.2, 0) is 4.74 Å². The van der Waals surface area contributed by atoms with Crippen molar-refractivity contribution in [3.05, 3.63) is 102 Å². The SMILES string of the molecule is Cc1cccc(C2=C(c3ccc4ncc(-c5cc(C(=O)OC[C@H]6CCCNC6)ccn5)cc4c3)CCC=CN2)n1. The molecule has 0 bridgehead atoms. The number of carbonyl (C=O) groups excluding carboxylic acids is 1. The molecule has 7 heteroatoms. The molecule has 1 saturated heterocycles. The number of aromatic nitrogens is 3. The third kappa shape index (κ3) is 5.80. The maximum absolute atomic E-state index is 12.8. The Bertz CT molecular complexity index is 1600. The van der Waals surface area contributed by atoms with Gasteiger partial charge < -0.3 is 15.4 Å². The zero-order chi connectivity index (χ0) is 27.3. The molecule has 1 aromatic carbocycles. The maximum Gasteiger partial charge on any atom is 0.338 e. The van der Waals surface area contributed by atoms with Gasteiger partial charge in [0.15, 0.2) is 0 Å². The summed E-state index contributed by atoms with van der Waals surface area (Å²) >= 11 is 0. The molecule has 2 aliphatic rings. The Morgan fingerprint density at radius 3 is 2.85 bits per heavy atom. The van der Waals surface area contributed by atoms with E-state index in [0.29, 0.717) is 23.8 Å². The number of benzene rings is 1. The van der Waals surface area contributed by atoms with Crippen molar-refractivity contribution in [3.63, 3.8) is 0 Å². The van der Waals surface area contributed by atoms with E-state index in [-0.39, 0.29) is 5.97 Å². The maximum atomic E-state index is 12.8. The van der Waals surface area contributed by atoms with Crippen LogP contribution < -0.4 is 10.6 Å². The van der Waals surface area contributed by atoms with Crippen molar-refractivity contribution in [1.82, 2.24) is 25.6 Å². The van der Waals surface area contributed by atoms with Gasteiger partial charge >= 0.3 is 5.97 Å². The van der Waals surface area contributed by atoms with Crippen LogP contribution in [0.5, 0.6) is 0 Å². The molecule has 2 aliphatic heterocycles. The quantitative estimate of drug-likeness (QED) is 0.299. The Balaban J connectivity index is 1.29. The van der Waals surface area contributed by atoms with Crippen LogP contribution in [0.4, 0.5) is 0 Å². The summed E-state index contributed by atoms with van der Waals surface area (Å²) in [4.78, 5) is 26.8. The smallest absolute Gasteiger partial charge is 0.338 e. The average Bonchev–Trinajstić information content (AvgIpc) is 3.26. The van der Waals surface area contributed by atoms with Crippen molar-refractivity contribution < 1.29 is 9.53 Å². The molecule has 6 rings (SSSR count). The number of piperidine rings is 1. The molecule has 0 unspecified atom stereocenters. The average molecular weight is 532 g/mol. The molecule has 202 valence electrons. The van der Waals surface area contributed by atoms with Crippen molar-refractivity contribution in [2.75, 3.05) is 19.7 Å². The van der Waals surface area contributed by atoms with Gasteiger partial charge in [-0.3, -0.25) is 15.0 Å². The predicted octanol–water partition coefficient (Wildman–Crippen LogP) is 5.92. The molecule has 3 aromatic heterocycles. The van der Waals surface area contributed by atoms with Crippen LogP contribution in [-0.4, -0.2) is 40.6 Å². The van der Waals surface area contributed by atoms with Crippen LogP contribution in [0.25, 0.3) is 33.4 Å². The summed E-state index contributed by atoms with van der Waals surface area (Å²) in [5, 5.41) is 7.84. The lowest BCUT2D eigenvalue weighted by atomic mass is 9.96. The van der Waals surface area contributed by atoms with Gasteiger partial charge in [-0.2, -0.15) is 0 Å². The number of aryl methyl sites for hydroxylation is 1. The normalized spacial score (nSPS) is 17.4. The number of allylic oxidation sites excluding steroid dienone is 2. The molecule has 0 radical (unpaired) electrons. The van der Waals surface area contributed by atoms with Gasteiger partial charge in [0.2, 0.25) is 0 Å². The fraction of sp³-hybridized carbons (Fsp3) is 0.273. The highest BCUT2D eigenvalue weighted by Crippen LogP contribution is 2.32. The third-order valence-corrected chi connectivity index (χ3v) is 7.52. The van der Waals surface area contributed by atoms with E-state index in [2.05, 4.69) is 46.0 Å². The molecule has 0 spiro atoms. The monoisotopic (exact) mass is 531 g/mol. The first-order chi connectivity index (χ1) is 19.6. The number of ether oxygens (including phenoxy) is 1. The van der Waals surface area contributed by atoms with Gasteiger partial charge in [0.1, 0.15) is 0 Å². The van der Waals surface area contributed by atoms with E-state index in [9.17, 15) is 4.79 Å². The summed E-state index contributed by atoms with van der Waals surface area (Å²) in [5.41, 5.74) is 8.23. The summed E-state index contributed by atoms with van der Waals surface area (Å²) in [6.45, 7) is 4.38. The Kier molecular flexibility index (Phi) is 7.64. The lowest BCUT2D eigenvalue weighted by Gasteiger charge is -2.22. The Morgan fingerprint density at radius 2 is 1.98 bits per heavy atom. The second-order valence-corrected chi connectivity index (χ2v) is 10.5. The van der Waals surface area contributed by atoms with Crippen LogP contribution >= 0.6 is 0 Å². The number of pyridine rings is 3. The highest BCUT2D eigenvalue weighted by Gasteiger charge is 2.18. The molecule has 0 amide bonds. The van der Waals surface area contributed by atoms with Crippen LogP contribution in [0.2, 0.25) is 0 Å². The molecule has 5 heterocycles. The van der Waals surface area contributed by atoms with Gasteiger partial charge in [-0.25, -0.2) is 4.79 Å². The minimum atomic E-state index is -0.316. The van der Waals surface area contributed by atoms with Crippen LogP contribution in [0.3, 0.4) is 0 Å². The summed E-state index contributed by atoms with van der Waals surface area (Å²) in [6.07, 6.45) is 11.7. The van der Waals surface area contributed by atoms with Gasteiger partial charge in [-0.15, -0.1) is 0 Å². The standard InChI is InChI=1S/C33H33N5O2/c1-22-6-4-9-30(38-22)32-28(8-2-3-14-36-32)24-10-11-29-26(16-24)17-27(20-37-29)31-18-25(12-15-35-31)33(39)40-21-23-7-5-13-34-19-23/h3-4,6,9-12,14-18,20,23,34,36H,2,5,7-8,13,19,21H2,1H3/t23-/m0/s1. The molecule has 0 saturated carbocycles. The number of nitrogens with one attached hydrogen (secondary N) is 2. The molecule has 40 heavy (non-hydrogen) atoms. The molecule has 0 aliphatic carbocycles. The topological polar surface area (TPSA) is 89.0 Å². The van der Waals surface area contributed by atoms with Crippen molar-refractivity contribution in [3.8, 4) is 11.3 Å². The van der Waals surface area contributed by atoms with E-state index in [4.69, 9.17) is 14.7 Å². The van der Waals surface area contributed by atoms with E-state index >= 15 is 0 Å². The second kappa shape index (κ2) is 11.8. The number of hydrogen-bond donors (Lipinski definition) is 2. The highest BCUT2D eigenvalue weighted by molar-refractivity contribution is 5.94. The number of hydrogen-bond acceptors (Lipinski definition) is 7. The van der Waals surface area contributed by atoms with E-state index in [1.165, 1.54) is 5.57 Å². The van der Waals surface area contributed by atoms with Crippen molar-refractivity contribution in [2.24, 2.45) is 5.92 Å². The minimum absolute atomic E-state index is 0.316. The van der Waals surface area contributed by atoms with Crippen molar-refractivity contribution in [2.45, 2.75) is 32.6 Å². The van der Waals surface area contributed by atoms with E-state index < -0.39 is 0 Å². The third-order valence-electron chi connectivity index (χ3n) is 7.52. The van der Waals surface area contributed by atoms with Crippen LogP contribution in [0.1, 0.15) is 53.0 Å². The largest absolute Gasteiger partial charge is 0.462 e. The Labute approximate surface area is 234 Å². The first-order valence-electron chi connectivity index (χ1n) is 14.0. The van der Waals surface area contributed by atoms with Crippen LogP contribution in [0.15, 0.2) is 79.3 Å². The number of esters is 1. The predicted molar refractivity (Wildman–Crippen MR) is 158 cm³/mol.